The number of carbonyl (C=O) groups is 1. The minimum absolute atomic E-state index is 0.146. The zero-order chi connectivity index (χ0) is 19.3. The van der Waals surface area contributed by atoms with Crippen molar-refractivity contribution in [2.45, 2.75) is 52.1 Å². The van der Waals surface area contributed by atoms with Crippen LogP contribution < -0.4 is 10.6 Å². The molecule has 0 aromatic heterocycles. The van der Waals surface area contributed by atoms with Crippen LogP contribution in [0.3, 0.4) is 0 Å². The lowest BCUT2D eigenvalue weighted by atomic mass is 10.1. The summed E-state index contributed by atoms with van der Waals surface area (Å²) in [5, 5.41) is 6.54. The van der Waals surface area contributed by atoms with Crippen molar-refractivity contribution < 1.29 is 9.53 Å². The van der Waals surface area contributed by atoms with Crippen LogP contribution in [0.15, 0.2) is 29.3 Å². The second-order valence-corrected chi connectivity index (χ2v) is 6.91. The van der Waals surface area contributed by atoms with Crippen molar-refractivity contribution >= 4 is 11.9 Å². The fourth-order valence-corrected chi connectivity index (χ4v) is 3.22. The number of likely N-dealkylation sites (tertiary alicyclic amines) is 1. The Morgan fingerprint density at radius 3 is 2.48 bits per heavy atom. The van der Waals surface area contributed by atoms with Crippen LogP contribution in [-0.4, -0.2) is 50.1 Å². The number of guanidine groups is 1. The first-order valence-corrected chi connectivity index (χ1v) is 10.1. The van der Waals surface area contributed by atoms with E-state index in [9.17, 15) is 4.79 Å². The number of ether oxygens (including phenoxy) is 1. The number of nitrogens with one attached hydrogen (secondary N) is 2. The van der Waals surface area contributed by atoms with Crippen LogP contribution in [0.2, 0.25) is 0 Å². The first kappa shape index (κ1) is 21.2. The van der Waals surface area contributed by atoms with Crippen molar-refractivity contribution in [2.24, 2.45) is 4.99 Å². The summed E-state index contributed by atoms with van der Waals surface area (Å²) in [4.78, 5) is 18.1. The molecule has 6 nitrogen and oxygen atoms in total. The number of hydrogen-bond acceptors (Lipinski definition) is 4. The molecule has 0 saturated carbocycles. The van der Waals surface area contributed by atoms with Crippen LogP contribution in [0.1, 0.15) is 50.2 Å². The van der Waals surface area contributed by atoms with Gasteiger partial charge < -0.3 is 15.4 Å². The minimum atomic E-state index is -0.146. The van der Waals surface area contributed by atoms with E-state index in [0.29, 0.717) is 19.6 Å². The highest BCUT2D eigenvalue weighted by molar-refractivity contribution is 5.79. The summed E-state index contributed by atoms with van der Waals surface area (Å²) in [7, 11) is 1.75. The quantitative estimate of drug-likeness (QED) is 0.301. The molecule has 0 amide bonds. The zero-order valence-corrected chi connectivity index (χ0v) is 16.8. The molecule has 1 aromatic carbocycles. The molecule has 0 atom stereocenters. The van der Waals surface area contributed by atoms with E-state index >= 15 is 0 Å². The standard InChI is InChI=1S/C21H34N4O2/c1-3-27-20(26)8-7-13-23-21(22-2)24-16-18-9-11-19(12-10-18)17-25-14-5-4-6-15-25/h9-12H,3-8,13-17H2,1-2H3,(H2,22,23,24). The molecule has 1 fully saturated rings. The monoisotopic (exact) mass is 374 g/mol. The highest BCUT2D eigenvalue weighted by Crippen LogP contribution is 2.13. The molecule has 150 valence electrons. The number of nitrogens with zero attached hydrogens (tertiary/aromatic N) is 2. The summed E-state index contributed by atoms with van der Waals surface area (Å²) < 4.78 is 4.92. The van der Waals surface area contributed by atoms with Crippen molar-refractivity contribution in [3.63, 3.8) is 0 Å². The Morgan fingerprint density at radius 2 is 1.81 bits per heavy atom. The van der Waals surface area contributed by atoms with Gasteiger partial charge in [-0.2, -0.15) is 0 Å². The van der Waals surface area contributed by atoms with Gasteiger partial charge in [0.15, 0.2) is 5.96 Å². The molecule has 1 aliphatic heterocycles. The number of benzene rings is 1. The predicted molar refractivity (Wildman–Crippen MR) is 110 cm³/mol. The highest BCUT2D eigenvalue weighted by Gasteiger charge is 2.10. The van der Waals surface area contributed by atoms with Gasteiger partial charge in [0, 0.05) is 33.1 Å². The van der Waals surface area contributed by atoms with Crippen molar-refractivity contribution in [1.29, 1.82) is 0 Å². The summed E-state index contributed by atoms with van der Waals surface area (Å²) >= 11 is 0. The molecule has 27 heavy (non-hydrogen) atoms. The fourth-order valence-electron chi connectivity index (χ4n) is 3.22. The molecule has 1 saturated heterocycles. The molecule has 2 rings (SSSR count). The molecule has 1 heterocycles. The summed E-state index contributed by atoms with van der Waals surface area (Å²) in [6.45, 7) is 7.17. The SMILES string of the molecule is CCOC(=O)CCCNC(=NC)NCc1ccc(CN2CCCCC2)cc1. The van der Waals surface area contributed by atoms with Gasteiger partial charge in [-0.25, -0.2) is 0 Å². The Bertz CT molecular complexity index is 580. The van der Waals surface area contributed by atoms with Crippen molar-refractivity contribution in [2.75, 3.05) is 33.3 Å². The van der Waals surface area contributed by atoms with E-state index in [1.165, 1.54) is 43.5 Å². The van der Waals surface area contributed by atoms with E-state index in [4.69, 9.17) is 4.74 Å². The van der Waals surface area contributed by atoms with E-state index in [1.54, 1.807) is 7.05 Å². The second kappa shape index (κ2) is 12.3. The Labute approximate surface area is 163 Å². The topological polar surface area (TPSA) is 66.0 Å². The zero-order valence-electron chi connectivity index (χ0n) is 16.8. The van der Waals surface area contributed by atoms with Gasteiger partial charge in [0.05, 0.1) is 6.61 Å². The average molecular weight is 375 g/mol. The Morgan fingerprint density at radius 1 is 1.11 bits per heavy atom. The third kappa shape index (κ3) is 8.43. The lowest BCUT2D eigenvalue weighted by molar-refractivity contribution is -0.143. The van der Waals surface area contributed by atoms with E-state index < -0.39 is 0 Å². The molecule has 0 radical (unpaired) electrons. The van der Waals surface area contributed by atoms with Crippen LogP contribution in [0, 0.1) is 0 Å². The van der Waals surface area contributed by atoms with E-state index in [-0.39, 0.29) is 5.97 Å². The predicted octanol–water partition coefficient (Wildman–Crippen LogP) is 2.68. The molecule has 1 aromatic rings. The van der Waals surface area contributed by atoms with Crippen LogP contribution in [0.4, 0.5) is 0 Å². The molecular weight excluding hydrogens is 340 g/mol. The largest absolute Gasteiger partial charge is 0.466 e. The number of esters is 1. The lowest BCUT2D eigenvalue weighted by Crippen LogP contribution is -2.37. The van der Waals surface area contributed by atoms with Gasteiger partial charge in [0.1, 0.15) is 0 Å². The normalized spacial score (nSPS) is 15.4. The van der Waals surface area contributed by atoms with Crippen molar-refractivity contribution in [1.82, 2.24) is 15.5 Å². The molecule has 2 N–H and O–H groups in total. The summed E-state index contributed by atoms with van der Waals surface area (Å²) in [5.41, 5.74) is 2.61. The molecule has 0 spiro atoms. The summed E-state index contributed by atoms with van der Waals surface area (Å²) in [5.74, 6) is 0.600. The Hall–Kier alpha value is -2.08. The summed E-state index contributed by atoms with van der Waals surface area (Å²) in [6, 6.07) is 8.81. The maximum Gasteiger partial charge on any atom is 0.305 e. The number of rotatable bonds is 9. The summed E-state index contributed by atoms with van der Waals surface area (Å²) in [6.07, 6.45) is 5.18. The molecule has 0 bridgehead atoms. The minimum Gasteiger partial charge on any atom is -0.466 e. The number of piperidine rings is 1. The van der Waals surface area contributed by atoms with Crippen LogP contribution in [0.5, 0.6) is 0 Å². The number of carbonyl (C=O) groups excluding carboxylic acids is 1. The van der Waals surface area contributed by atoms with Gasteiger partial charge in [-0.05, 0) is 50.4 Å². The van der Waals surface area contributed by atoms with Gasteiger partial charge in [0.2, 0.25) is 0 Å². The molecule has 0 unspecified atom stereocenters. The smallest absolute Gasteiger partial charge is 0.305 e. The van der Waals surface area contributed by atoms with Gasteiger partial charge in [0.25, 0.3) is 0 Å². The van der Waals surface area contributed by atoms with Gasteiger partial charge in [-0.1, -0.05) is 30.7 Å². The van der Waals surface area contributed by atoms with E-state index in [1.807, 2.05) is 6.92 Å². The molecule has 1 aliphatic rings. The first-order chi connectivity index (χ1) is 13.2. The Balaban J connectivity index is 1.67. The maximum absolute atomic E-state index is 11.3. The maximum atomic E-state index is 11.3. The molecule has 6 heteroatoms. The van der Waals surface area contributed by atoms with Crippen LogP contribution >= 0.6 is 0 Å². The number of aliphatic imine (C=N–C) groups is 1. The van der Waals surface area contributed by atoms with E-state index in [0.717, 1.165) is 25.5 Å². The molecular formula is C21H34N4O2. The van der Waals surface area contributed by atoms with Crippen molar-refractivity contribution in [3.8, 4) is 0 Å². The lowest BCUT2D eigenvalue weighted by Gasteiger charge is -2.26. The Kier molecular flexibility index (Phi) is 9.69. The number of hydrogen-bond donors (Lipinski definition) is 2. The fraction of sp³-hybridized carbons (Fsp3) is 0.619. The molecule has 0 aliphatic carbocycles. The third-order valence-electron chi connectivity index (χ3n) is 4.72. The van der Waals surface area contributed by atoms with Gasteiger partial charge >= 0.3 is 5.97 Å². The first-order valence-electron chi connectivity index (χ1n) is 10.1. The van der Waals surface area contributed by atoms with Crippen LogP contribution in [0.25, 0.3) is 0 Å². The highest BCUT2D eigenvalue weighted by atomic mass is 16.5. The second-order valence-electron chi connectivity index (χ2n) is 6.91. The van der Waals surface area contributed by atoms with Gasteiger partial charge in [-0.15, -0.1) is 0 Å². The van der Waals surface area contributed by atoms with Crippen molar-refractivity contribution in [3.05, 3.63) is 35.4 Å². The average Bonchev–Trinajstić information content (AvgIpc) is 2.69. The van der Waals surface area contributed by atoms with Crippen LogP contribution in [-0.2, 0) is 22.6 Å². The van der Waals surface area contributed by atoms with Gasteiger partial charge in [-0.3, -0.25) is 14.7 Å². The third-order valence-corrected chi connectivity index (χ3v) is 4.72. The van der Waals surface area contributed by atoms with E-state index in [2.05, 4.69) is 44.8 Å².